The van der Waals surface area contributed by atoms with Crippen LogP contribution in [0.1, 0.15) is 51.9 Å². The summed E-state index contributed by atoms with van der Waals surface area (Å²) in [7, 11) is -1.30. The Kier molecular flexibility index (Phi) is 5.91. The molecule has 0 aliphatic heterocycles. The topological polar surface area (TPSA) is 9.23 Å². The van der Waals surface area contributed by atoms with Gasteiger partial charge < -0.3 is 4.43 Å². The molecule has 0 amide bonds. The van der Waals surface area contributed by atoms with E-state index in [1.807, 2.05) is 5.92 Å². The van der Waals surface area contributed by atoms with E-state index in [0.717, 1.165) is 6.61 Å². The molecule has 1 nitrogen and oxygen atoms in total. The average molecular weight is 227 g/mol. The van der Waals surface area contributed by atoms with Crippen LogP contribution < -0.4 is 0 Å². The molecular formula is C13H27OSi. The van der Waals surface area contributed by atoms with Crippen molar-refractivity contribution in [2.24, 2.45) is 0 Å². The van der Waals surface area contributed by atoms with E-state index < -0.39 is 8.32 Å². The van der Waals surface area contributed by atoms with E-state index in [4.69, 9.17) is 4.43 Å². The molecule has 1 saturated carbocycles. The Labute approximate surface area is 96.7 Å². The smallest absolute Gasteiger partial charge is 0.186 e. The van der Waals surface area contributed by atoms with Crippen LogP contribution in [-0.2, 0) is 4.43 Å². The second-order valence-corrected chi connectivity index (χ2v) is 9.66. The van der Waals surface area contributed by atoms with Gasteiger partial charge in [-0.3, -0.25) is 0 Å². The zero-order valence-corrected chi connectivity index (χ0v) is 11.8. The molecule has 0 aromatic carbocycles. The fourth-order valence-corrected chi connectivity index (χ4v) is 4.48. The molecule has 0 unspecified atom stereocenters. The highest BCUT2D eigenvalue weighted by atomic mass is 28.4. The molecule has 1 radical (unpaired) electrons. The van der Waals surface area contributed by atoms with Gasteiger partial charge in [-0.1, -0.05) is 25.7 Å². The Morgan fingerprint density at radius 1 is 1.13 bits per heavy atom. The van der Waals surface area contributed by atoms with E-state index in [-0.39, 0.29) is 0 Å². The Hall–Kier alpha value is 0.177. The molecule has 1 aliphatic carbocycles. The zero-order chi connectivity index (χ0) is 11.1. The molecule has 0 bridgehead atoms. The van der Waals surface area contributed by atoms with Crippen LogP contribution in [0.3, 0.4) is 0 Å². The predicted molar refractivity (Wildman–Crippen MR) is 69.5 cm³/mol. The molecule has 0 saturated heterocycles. The van der Waals surface area contributed by atoms with Crippen molar-refractivity contribution in [1.29, 1.82) is 0 Å². The van der Waals surface area contributed by atoms with Crippen LogP contribution >= 0.6 is 0 Å². The maximum atomic E-state index is 5.85. The van der Waals surface area contributed by atoms with Gasteiger partial charge in [-0.15, -0.1) is 0 Å². The molecule has 0 aromatic heterocycles. The van der Waals surface area contributed by atoms with Gasteiger partial charge in [-0.25, -0.2) is 0 Å². The molecular weight excluding hydrogens is 200 g/mol. The summed E-state index contributed by atoms with van der Waals surface area (Å²) in [6.07, 6.45) is 9.93. The van der Waals surface area contributed by atoms with E-state index in [2.05, 4.69) is 20.0 Å². The predicted octanol–water partition coefficient (Wildman–Crippen LogP) is 4.55. The normalized spacial score (nSPS) is 19.4. The third-order valence-corrected chi connectivity index (χ3v) is 6.03. The minimum Gasteiger partial charge on any atom is -0.418 e. The Balaban J connectivity index is 2.09. The summed E-state index contributed by atoms with van der Waals surface area (Å²) in [5.74, 6) is 1.84. The summed E-state index contributed by atoms with van der Waals surface area (Å²) in [6, 6.07) is 1.34. The van der Waals surface area contributed by atoms with Crippen LogP contribution in [-0.4, -0.2) is 14.9 Å². The van der Waals surface area contributed by atoms with Gasteiger partial charge in [0.1, 0.15) is 0 Å². The van der Waals surface area contributed by atoms with Crippen molar-refractivity contribution in [3.8, 4) is 0 Å². The highest BCUT2D eigenvalue weighted by Crippen LogP contribution is 2.30. The quantitative estimate of drug-likeness (QED) is 0.605. The molecule has 89 valence electrons. The monoisotopic (exact) mass is 227 g/mol. The molecule has 1 aliphatic rings. The van der Waals surface area contributed by atoms with Crippen LogP contribution in [0.4, 0.5) is 0 Å². The van der Waals surface area contributed by atoms with Gasteiger partial charge in [0.2, 0.25) is 0 Å². The van der Waals surface area contributed by atoms with Gasteiger partial charge in [0.05, 0.1) is 0 Å². The fourth-order valence-electron chi connectivity index (χ4n) is 2.53. The number of hydrogen-bond donors (Lipinski definition) is 0. The molecule has 0 spiro atoms. The van der Waals surface area contributed by atoms with Gasteiger partial charge in [0.25, 0.3) is 0 Å². The van der Waals surface area contributed by atoms with Crippen LogP contribution in [0.15, 0.2) is 0 Å². The summed E-state index contributed by atoms with van der Waals surface area (Å²) in [4.78, 5) is 0. The molecule has 1 fully saturated rings. The van der Waals surface area contributed by atoms with E-state index in [1.54, 1.807) is 0 Å². The molecule has 0 heterocycles. The van der Waals surface area contributed by atoms with Crippen LogP contribution in [0.2, 0.25) is 19.1 Å². The molecule has 0 N–H and O–H groups in total. The van der Waals surface area contributed by atoms with Crippen LogP contribution in [0.5, 0.6) is 0 Å². The summed E-state index contributed by atoms with van der Waals surface area (Å²) in [6.45, 7) is 7.71. The highest BCUT2D eigenvalue weighted by molar-refractivity contribution is 6.71. The second-order valence-electron chi connectivity index (χ2n) is 5.36. The third-order valence-electron chi connectivity index (χ3n) is 3.40. The standard InChI is InChI=1S/C13H27OSi/c1-4-14-15(2,3)12-8-11-13-9-6-5-7-10-13/h4-12H2,1-3H3. The average Bonchev–Trinajstić information content (AvgIpc) is 2.19. The largest absolute Gasteiger partial charge is 0.418 e. The first-order valence-electron chi connectivity index (χ1n) is 6.61. The van der Waals surface area contributed by atoms with Crippen molar-refractivity contribution in [3.05, 3.63) is 5.92 Å². The minimum atomic E-state index is -1.30. The van der Waals surface area contributed by atoms with Gasteiger partial charge in [0, 0.05) is 6.61 Å². The van der Waals surface area contributed by atoms with Gasteiger partial charge in [0.15, 0.2) is 8.32 Å². The Morgan fingerprint density at radius 2 is 1.80 bits per heavy atom. The molecule has 2 heteroatoms. The zero-order valence-electron chi connectivity index (χ0n) is 10.8. The lowest BCUT2D eigenvalue weighted by atomic mass is 9.86. The molecule has 1 rings (SSSR count). The number of hydrogen-bond acceptors (Lipinski definition) is 1. The first kappa shape index (κ1) is 13.2. The lowest BCUT2D eigenvalue weighted by Gasteiger charge is -2.24. The van der Waals surface area contributed by atoms with E-state index in [9.17, 15) is 0 Å². The lowest BCUT2D eigenvalue weighted by molar-refractivity contribution is 0.327. The van der Waals surface area contributed by atoms with Crippen molar-refractivity contribution in [1.82, 2.24) is 0 Å². The van der Waals surface area contributed by atoms with Crippen LogP contribution in [0.25, 0.3) is 0 Å². The van der Waals surface area contributed by atoms with Crippen molar-refractivity contribution in [2.75, 3.05) is 6.61 Å². The van der Waals surface area contributed by atoms with Crippen LogP contribution in [0, 0.1) is 5.92 Å². The van der Waals surface area contributed by atoms with Gasteiger partial charge in [-0.05, 0) is 51.2 Å². The number of rotatable bonds is 6. The summed E-state index contributed by atoms with van der Waals surface area (Å²) in [5.41, 5.74) is 0. The SMILES string of the molecule is CCO[Si](C)(C)CCC[C]1CCCCC1. The Morgan fingerprint density at radius 3 is 2.40 bits per heavy atom. The lowest BCUT2D eigenvalue weighted by Crippen LogP contribution is -2.30. The molecule has 15 heavy (non-hydrogen) atoms. The minimum absolute atomic E-state index is 0.899. The van der Waals surface area contributed by atoms with E-state index >= 15 is 0 Å². The highest BCUT2D eigenvalue weighted by Gasteiger charge is 2.22. The first-order chi connectivity index (χ1) is 7.14. The van der Waals surface area contributed by atoms with Gasteiger partial charge >= 0.3 is 0 Å². The van der Waals surface area contributed by atoms with Crippen molar-refractivity contribution in [2.45, 2.75) is 71.0 Å². The van der Waals surface area contributed by atoms with Gasteiger partial charge in [-0.2, -0.15) is 0 Å². The van der Waals surface area contributed by atoms with E-state index in [0.29, 0.717) is 0 Å². The summed E-state index contributed by atoms with van der Waals surface area (Å²) >= 11 is 0. The van der Waals surface area contributed by atoms with Crippen molar-refractivity contribution < 1.29 is 4.43 Å². The first-order valence-corrected chi connectivity index (χ1v) is 9.73. The fraction of sp³-hybridized carbons (Fsp3) is 0.923. The van der Waals surface area contributed by atoms with Crippen molar-refractivity contribution in [3.63, 3.8) is 0 Å². The Bertz CT molecular complexity index is 162. The third kappa shape index (κ3) is 5.72. The van der Waals surface area contributed by atoms with E-state index in [1.165, 1.54) is 51.0 Å². The second kappa shape index (κ2) is 6.69. The maximum Gasteiger partial charge on any atom is 0.186 e. The molecule has 0 aromatic rings. The maximum absolute atomic E-state index is 5.85. The molecule has 0 atom stereocenters. The summed E-state index contributed by atoms with van der Waals surface area (Å²) in [5, 5.41) is 0. The summed E-state index contributed by atoms with van der Waals surface area (Å²) < 4.78 is 5.85. The van der Waals surface area contributed by atoms with Crippen molar-refractivity contribution >= 4 is 8.32 Å².